The number of rotatable bonds is 9. The molecule has 0 aliphatic rings. The van der Waals surface area contributed by atoms with Gasteiger partial charge in [0.05, 0.1) is 19.3 Å². The van der Waals surface area contributed by atoms with Crippen LogP contribution in [0.1, 0.15) is 38.3 Å². The van der Waals surface area contributed by atoms with Gasteiger partial charge in [-0.2, -0.15) is 0 Å². The Bertz CT molecular complexity index is 328. The summed E-state index contributed by atoms with van der Waals surface area (Å²) >= 11 is 0. The van der Waals surface area contributed by atoms with Crippen LogP contribution in [-0.4, -0.2) is 26.9 Å². The summed E-state index contributed by atoms with van der Waals surface area (Å²) in [7, 11) is 1.95. The summed E-state index contributed by atoms with van der Waals surface area (Å²) in [4.78, 5) is 0. The topological polar surface area (TPSA) is 30.5 Å². The van der Waals surface area contributed by atoms with Crippen LogP contribution in [0, 0.1) is 0 Å². The molecule has 0 bridgehead atoms. The van der Waals surface area contributed by atoms with Gasteiger partial charge in [0, 0.05) is 12.2 Å². The second-order valence-electron chi connectivity index (χ2n) is 4.30. The number of hydrogen-bond donors (Lipinski definition) is 1. The largest absolute Gasteiger partial charge is 0.493 e. The predicted molar refractivity (Wildman–Crippen MR) is 75.1 cm³/mol. The van der Waals surface area contributed by atoms with Crippen LogP contribution in [0.25, 0.3) is 0 Å². The third-order valence-electron chi connectivity index (χ3n) is 2.74. The van der Waals surface area contributed by atoms with Crippen molar-refractivity contribution in [3.8, 4) is 5.75 Å². The molecule has 1 aromatic carbocycles. The Kier molecular flexibility index (Phi) is 7.46. The molecule has 0 saturated carbocycles. The standard InChI is InChI=1S/C15H25NO2/c1-4-10-17-12-14(16-3)13-8-6-7-9-15(13)18-11-5-2/h6-9,14,16H,4-5,10-12H2,1-3H3. The lowest BCUT2D eigenvalue weighted by Gasteiger charge is -2.20. The summed E-state index contributed by atoms with van der Waals surface area (Å²) in [6, 6.07) is 8.35. The fourth-order valence-electron chi connectivity index (χ4n) is 1.79. The van der Waals surface area contributed by atoms with Gasteiger partial charge in [0.15, 0.2) is 0 Å². The van der Waals surface area contributed by atoms with E-state index in [4.69, 9.17) is 9.47 Å². The molecule has 1 unspecified atom stereocenters. The summed E-state index contributed by atoms with van der Waals surface area (Å²) in [5.74, 6) is 0.957. The van der Waals surface area contributed by atoms with E-state index in [-0.39, 0.29) is 6.04 Å². The van der Waals surface area contributed by atoms with E-state index in [2.05, 4.69) is 25.2 Å². The molecule has 3 heteroatoms. The molecule has 18 heavy (non-hydrogen) atoms. The lowest BCUT2D eigenvalue weighted by Crippen LogP contribution is -2.22. The van der Waals surface area contributed by atoms with Crippen molar-refractivity contribution in [1.29, 1.82) is 0 Å². The zero-order valence-corrected chi connectivity index (χ0v) is 11.7. The molecular weight excluding hydrogens is 226 g/mol. The molecular formula is C15H25NO2. The first-order chi connectivity index (χ1) is 8.83. The van der Waals surface area contributed by atoms with Crippen LogP contribution in [0.5, 0.6) is 5.75 Å². The Morgan fingerprint density at radius 3 is 2.50 bits per heavy atom. The minimum Gasteiger partial charge on any atom is -0.493 e. The highest BCUT2D eigenvalue weighted by atomic mass is 16.5. The van der Waals surface area contributed by atoms with Crippen molar-refractivity contribution >= 4 is 0 Å². The van der Waals surface area contributed by atoms with Crippen LogP contribution >= 0.6 is 0 Å². The van der Waals surface area contributed by atoms with Crippen LogP contribution in [0.4, 0.5) is 0 Å². The molecule has 0 aromatic heterocycles. The molecule has 0 heterocycles. The van der Waals surface area contributed by atoms with Crippen LogP contribution in [0.15, 0.2) is 24.3 Å². The summed E-state index contributed by atoms with van der Waals surface area (Å²) in [5, 5.41) is 3.29. The summed E-state index contributed by atoms with van der Waals surface area (Å²) in [6.45, 7) is 6.46. The van der Waals surface area contributed by atoms with Gasteiger partial charge in [0.2, 0.25) is 0 Å². The van der Waals surface area contributed by atoms with E-state index < -0.39 is 0 Å². The van der Waals surface area contributed by atoms with E-state index in [0.29, 0.717) is 6.61 Å². The number of para-hydroxylation sites is 1. The van der Waals surface area contributed by atoms with Gasteiger partial charge in [-0.15, -0.1) is 0 Å². The van der Waals surface area contributed by atoms with E-state index >= 15 is 0 Å². The van der Waals surface area contributed by atoms with Gasteiger partial charge >= 0.3 is 0 Å². The summed E-state index contributed by atoms with van der Waals surface area (Å²) < 4.78 is 11.4. The molecule has 0 aliphatic heterocycles. The summed E-state index contributed by atoms with van der Waals surface area (Å²) in [6.07, 6.45) is 2.06. The second kappa shape index (κ2) is 8.95. The average molecular weight is 251 g/mol. The van der Waals surface area contributed by atoms with Crippen LogP contribution in [0.3, 0.4) is 0 Å². The lowest BCUT2D eigenvalue weighted by molar-refractivity contribution is 0.113. The van der Waals surface area contributed by atoms with E-state index in [1.807, 2.05) is 25.2 Å². The smallest absolute Gasteiger partial charge is 0.124 e. The molecule has 1 aromatic rings. The quantitative estimate of drug-likeness (QED) is 0.684. The predicted octanol–water partition coefficient (Wildman–Crippen LogP) is 3.16. The first-order valence-corrected chi connectivity index (χ1v) is 6.80. The number of ether oxygens (including phenoxy) is 2. The average Bonchev–Trinajstić information content (AvgIpc) is 2.42. The number of hydrogen-bond acceptors (Lipinski definition) is 3. The van der Waals surface area contributed by atoms with Gasteiger partial charge in [-0.25, -0.2) is 0 Å². The number of nitrogens with one attached hydrogen (secondary N) is 1. The number of likely N-dealkylation sites (N-methyl/N-ethyl adjacent to an activating group) is 1. The molecule has 102 valence electrons. The fourth-order valence-corrected chi connectivity index (χ4v) is 1.79. The minimum atomic E-state index is 0.185. The van der Waals surface area contributed by atoms with Crippen molar-refractivity contribution in [2.45, 2.75) is 32.7 Å². The molecule has 0 amide bonds. The Labute approximate surface area is 110 Å². The van der Waals surface area contributed by atoms with Gasteiger partial charge in [-0.3, -0.25) is 0 Å². The number of benzene rings is 1. The van der Waals surface area contributed by atoms with Crippen molar-refractivity contribution in [3.05, 3.63) is 29.8 Å². The molecule has 0 saturated heterocycles. The van der Waals surface area contributed by atoms with E-state index in [1.54, 1.807) is 0 Å². The highest BCUT2D eigenvalue weighted by molar-refractivity contribution is 5.36. The van der Waals surface area contributed by atoms with Crippen molar-refractivity contribution in [3.63, 3.8) is 0 Å². The van der Waals surface area contributed by atoms with Gasteiger partial charge < -0.3 is 14.8 Å². The molecule has 0 spiro atoms. The van der Waals surface area contributed by atoms with Crippen LogP contribution in [0.2, 0.25) is 0 Å². The van der Waals surface area contributed by atoms with Crippen LogP contribution in [-0.2, 0) is 4.74 Å². The Morgan fingerprint density at radius 1 is 1.11 bits per heavy atom. The first kappa shape index (κ1) is 15.0. The normalized spacial score (nSPS) is 12.4. The Morgan fingerprint density at radius 2 is 1.83 bits per heavy atom. The lowest BCUT2D eigenvalue weighted by atomic mass is 10.1. The van der Waals surface area contributed by atoms with E-state index in [1.165, 1.54) is 5.56 Å². The zero-order chi connectivity index (χ0) is 13.2. The molecule has 1 rings (SSSR count). The SMILES string of the molecule is CCCOCC(NC)c1ccccc1OCCC. The maximum Gasteiger partial charge on any atom is 0.124 e. The van der Waals surface area contributed by atoms with Crippen molar-refractivity contribution in [2.75, 3.05) is 26.9 Å². The van der Waals surface area contributed by atoms with Gasteiger partial charge in [0.1, 0.15) is 5.75 Å². The van der Waals surface area contributed by atoms with E-state index in [9.17, 15) is 0 Å². The van der Waals surface area contributed by atoms with Gasteiger partial charge in [-0.05, 0) is 26.0 Å². The highest BCUT2D eigenvalue weighted by Crippen LogP contribution is 2.25. The molecule has 1 N–H and O–H groups in total. The molecule has 0 fully saturated rings. The molecule has 1 atom stereocenters. The monoisotopic (exact) mass is 251 g/mol. The van der Waals surface area contributed by atoms with Gasteiger partial charge in [-0.1, -0.05) is 32.0 Å². The van der Waals surface area contributed by atoms with Crippen molar-refractivity contribution in [2.24, 2.45) is 0 Å². The molecule has 0 aliphatic carbocycles. The molecule has 3 nitrogen and oxygen atoms in total. The Hall–Kier alpha value is -1.06. The van der Waals surface area contributed by atoms with Crippen molar-refractivity contribution < 1.29 is 9.47 Å². The fraction of sp³-hybridized carbons (Fsp3) is 0.600. The highest BCUT2D eigenvalue weighted by Gasteiger charge is 2.14. The van der Waals surface area contributed by atoms with Gasteiger partial charge in [0.25, 0.3) is 0 Å². The maximum atomic E-state index is 5.78. The van der Waals surface area contributed by atoms with Crippen molar-refractivity contribution in [1.82, 2.24) is 5.32 Å². The first-order valence-electron chi connectivity index (χ1n) is 6.80. The maximum absolute atomic E-state index is 5.78. The summed E-state index contributed by atoms with van der Waals surface area (Å²) in [5.41, 5.74) is 1.17. The zero-order valence-electron chi connectivity index (χ0n) is 11.7. The Balaban J connectivity index is 2.70. The van der Waals surface area contributed by atoms with E-state index in [0.717, 1.165) is 31.8 Å². The second-order valence-corrected chi connectivity index (χ2v) is 4.30. The molecule has 0 radical (unpaired) electrons. The minimum absolute atomic E-state index is 0.185. The third-order valence-corrected chi connectivity index (χ3v) is 2.74. The third kappa shape index (κ3) is 4.67. The van der Waals surface area contributed by atoms with Crippen LogP contribution < -0.4 is 10.1 Å².